The normalized spacial score (nSPS) is 20.0. The Morgan fingerprint density at radius 2 is 1.40 bits per heavy atom. The minimum absolute atomic E-state index is 0.00549. The molecule has 0 saturated carbocycles. The highest BCUT2D eigenvalue weighted by Gasteiger charge is 2.34. The van der Waals surface area contributed by atoms with Gasteiger partial charge >= 0.3 is 5.97 Å². The van der Waals surface area contributed by atoms with Gasteiger partial charge < -0.3 is 31.5 Å². The number of hydrogen-bond donors (Lipinski definition) is 6. The molecule has 4 aromatic carbocycles. The molecule has 6 N–H and O–H groups in total. The van der Waals surface area contributed by atoms with E-state index in [0.29, 0.717) is 22.4 Å². The molecule has 298 valence electrons. The van der Waals surface area contributed by atoms with Crippen molar-refractivity contribution in [1.29, 1.82) is 0 Å². The Kier molecular flexibility index (Phi) is 13.4. The summed E-state index contributed by atoms with van der Waals surface area (Å²) in [7, 11) is 0. The van der Waals surface area contributed by atoms with Gasteiger partial charge in [0.1, 0.15) is 24.2 Å². The predicted octanol–water partition coefficient (Wildman–Crippen LogP) is 4.03. The van der Waals surface area contributed by atoms with Gasteiger partial charge in [0, 0.05) is 35.5 Å². The second kappa shape index (κ2) is 19.0. The Balaban J connectivity index is 1.35. The Bertz CT molecular complexity index is 2250. The van der Waals surface area contributed by atoms with Crippen molar-refractivity contribution < 1.29 is 39.0 Å². The summed E-state index contributed by atoms with van der Waals surface area (Å²) in [4.78, 5) is 83.3. The van der Waals surface area contributed by atoms with Gasteiger partial charge in [-0.2, -0.15) is 0 Å². The number of nitrogens with zero attached hydrogens (tertiary/aromatic N) is 1. The number of carbonyl (C=O) groups excluding carboxylic acids is 5. The van der Waals surface area contributed by atoms with E-state index in [4.69, 9.17) is 0 Å². The van der Waals surface area contributed by atoms with Gasteiger partial charge in [-0.25, -0.2) is 4.79 Å². The topological polar surface area (TPSA) is 194 Å². The van der Waals surface area contributed by atoms with Gasteiger partial charge in [-0.1, -0.05) is 91.0 Å². The zero-order valence-electron chi connectivity index (χ0n) is 31.6. The molecule has 5 aromatic rings. The Labute approximate surface area is 339 Å². The molecule has 1 unspecified atom stereocenters. The van der Waals surface area contributed by atoms with Crippen molar-refractivity contribution in [2.45, 2.75) is 56.8 Å². The Hall–Kier alpha value is -6.64. The van der Waals surface area contributed by atoms with Gasteiger partial charge in [0.15, 0.2) is 0 Å². The van der Waals surface area contributed by atoms with Crippen LogP contribution in [0.1, 0.15) is 28.0 Å². The summed E-state index contributed by atoms with van der Waals surface area (Å²) in [5, 5.41) is 33.6. The zero-order chi connectivity index (χ0) is 41.2. The second-order valence-corrected chi connectivity index (χ2v) is 15.0. The van der Waals surface area contributed by atoms with Crippen LogP contribution in [0.15, 0.2) is 121 Å². The summed E-state index contributed by atoms with van der Waals surface area (Å²) in [6, 6.07) is 29.8. The van der Waals surface area contributed by atoms with E-state index in [2.05, 4.69) is 21.3 Å². The number of carbonyl (C=O) groups is 6. The van der Waals surface area contributed by atoms with Crippen LogP contribution in [0.2, 0.25) is 0 Å². The zero-order valence-corrected chi connectivity index (χ0v) is 32.4. The monoisotopic (exact) mass is 801 g/mol. The average molecular weight is 802 g/mol. The van der Waals surface area contributed by atoms with Gasteiger partial charge in [0.25, 0.3) is 5.91 Å². The SMILES string of the molecule is Cc1ccccc1N1C(=O)CNC(=O)[C@H](Cc2ccc(-c3ccccc3)cc2)NC(=O)C(Cc2cccs2)NC(=O)C[C@@H](O)C(=O)Nc2ccc(cc2)C[C@H]1C(=O)O. The number of aryl methyl sites for hydroxylation is 1. The van der Waals surface area contributed by atoms with Crippen LogP contribution in [-0.4, -0.2) is 76.5 Å². The molecule has 0 fully saturated rings. The first kappa shape index (κ1) is 41.0. The first-order valence-electron chi connectivity index (χ1n) is 18.7. The molecule has 7 rings (SSSR count). The van der Waals surface area contributed by atoms with E-state index in [0.717, 1.165) is 20.9 Å². The summed E-state index contributed by atoms with van der Waals surface area (Å²) in [6.45, 7) is 1.14. The minimum atomic E-state index is -1.78. The van der Waals surface area contributed by atoms with Gasteiger partial charge in [0.05, 0.1) is 13.0 Å². The van der Waals surface area contributed by atoms with Crippen molar-refractivity contribution in [1.82, 2.24) is 16.0 Å². The molecule has 3 heterocycles. The van der Waals surface area contributed by atoms with Crippen LogP contribution in [0, 0.1) is 6.92 Å². The number of benzene rings is 4. The van der Waals surface area contributed by atoms with Crippen LogP contribution in [0.4, 0.5) is 11.4 Å². The van der Waals surface area contributed by atoms with Crippen LogP contribution in [0.5, 0.6) is 0 Å². The maximum absolute atomic E-state index is 14.2. The highest BCUT2D eigenvalue weighted by Crippen LogP contribution is 2.25. The Morgan fingerprint density at radius 3 is 2.07 bits per heavy atom. The largest absolute Gasteiger partial charge is 0.480 e. The maximum Gasteiger partial charge on any atom is 0.327 e. The second-order valence-electron chi connectivity index (χ2n) is 14.0. The molecular formula is C44H43N5O8S. The summed E-state index contributed by atoms with van der Waals surface area (Å²) >= 11 is 1.36. The number of para-hydroxylation sites is 1. The lowest BCUT2D eigenvalue weighted by Crippen LogP contribution is -2.56. The first-order valence-corrected chi connectivity index (χ1v) is 19.6. The van der Waals surface area contributed by atoms with Crippen molar-refractivity contribution in [3.8, 4) is 11.1 Å². The standard InChI is InChI=1S/C44H43N5O8S/c1-27-8-5-6-12-36(27)49-37(44(56)57)23-29-15-19-32(20-16-29)46-43(55)38(50)25-39(51)47-35(24-33-11-7-21-58-33)42(54)48-34(41(53)45-26-40(49)52)22-28-13-17-31(18-14-28)30-9-3-2-4-10-30/h2-21,34-35,37-38,50H,22-26H2,1H3,(H,45,53)(H,46,55)(H,47,51)(H,48,54)(H,56,57)/t34-,35?,37-,38+/m0/s1. The summed E-state index contributed by atoms with van der Waals surface area (Å²) in [5.41, 5.74) is 4.36. The van der Waals surface area contributed by atoms with Crippen molar-refractivity contribution in [3.05, 3.63) is 142 Å². The molecule has 58 heavy (non-hydrogen) atoms. The molecule has 2 bridgehead atoms. The fourth-order valence-electron chi connectivity index (χ4n) is 6.68. The predicted molar refractivity (Wildman–Crippen MR) is 220 cm³/mol. The number of hydrogen-bond acceptors (Lipinski definition) is 8. The maximum atomic E-state index is 14.2. The van der Waals surface area contributed by atoms with E-state index >= 15 is 0 Å². The quantitative estimate of drug-likeness (QED) is 0.133. The summed E-state index contributed by atoms with van der Waals surface area (Å²) in [5.74, 6) is -5.09. The molecule has 14 heteroatoms. The van der Waals surface area contributed by atoms with Crippen molar-refractivity contribution in [2.24, 2.45) is 0 Å². The number of anilines is 2. The van der Waals surface area contributed by atoms with E-state index in [-0.39, 0.29) is 24.9 Å². The third-order valence-corrected chi connectivity index (χ3v) is 10.7. The smallest absolute Gasteiger partial charge is 0.327 e. The third kappa shape index (κ3) is 10.6. The first-order chi connectivity index (χ1) is 27.9. The van der Waals surface area contributed by atoms with Gasteiger partial charge in [0.2, 0.25) is 23.6 Å². The molecule has 1 aromatic heterocycles. The Morgan fingerprint density at radius 1 is 0.724 bits per heavy atom. The molecular weight excluding hydrogens is 759 g/mol. The van der Waals surface area contributed by atoms with Gasteiger partial charge in [-0.3, -0.25) is 28.9 Å². The molecule has 2 aliphatic heterocycles. The fourth-order valence-corrected chi connectivity index (χ4v) is 7.44. The molecule has 0 aliphatic carbocycles. The van der Waals surface area contributed by atoms with E-state index in [1.54, 1.807) is 55.5 Å². The lowest BCUT2D eigenvalue weighted by atomic mass is 10.00. The summed E-state index contributed by atoms with van der Waals surface area (Å²) in [6.07, 6.45) is -2.53. The van der Waals surface area contributed by atoms with E-state index in [1.165, 1.54) is 23.5 Å². The number of nitrogens with one attached hydrogen (secondary N) is 4. The van der Waals surface area contributed by atoms with Crippen LogP contribution < -0.4 is 26.2 Å². The minimum Gasteiger partial charge on any atom is -0.480 e. The number of thiophene rings is 1. The van der Waals surface area contributed by atoms with Crippen LogP contribution in [-0.2, 0) is 48.0 Å². The number of aliphatic hydroxyl groups is 1. The third-order valence-electron chi connectivity index (χ3n) is 9.76. The molecule has 2 aliphatic rings. The molecule has 5 amide bonds. The summed E-state index contributed by atoms with van der Waals surface area (Å²) < 4.78 is 0. The van der Waals surface area contributed by atoms with E-state index < -0.39 is 72.7 Å². The van der Waals surface area contributed by atoms with Crippen LogP contribution in [0.3, 0.4) is 0 Å². The lowest BCUT2D eigenvalue weighted by Gasteiger charge is -2.31. The van der Waals surface area contributed by atoms with E-state index in [1.807, 2.05) is 60.0 Å². The van der Waals surface area contributed by atoms with Crippen molar-refractivity contribution in [2.75, 3.05) is 16.8 Å². The van der Waals surface area contributed by atoms with Gasteiger partial charge in [-0.15, -0.1) is 11.3 Å². The number of amides is 5. The average Bonchev–Trinajstić information content (AvgIpc) is 3.74. The number of rotatable bonds is 7. The molecule has 13 nitrogen and oxygen atoms in total. The molecule has 0 saturated heterocycles. The van der Waals surface area contributed by atoms with Crippen LogP contribution >= 0.6 is 11.3 Å². The highest BCUT2D eigenvalue weighted by molar-refractivity contribution is 7.09. The number of carboxylic acid groups (broad SMARTS) is 1. The van der Waals surface area contributed by atoms with Crippen LogP contribution in [0.25, 0.3) is 11.1 Å². The molecule has 0 radical (unpaired) electrons. The van der Waals surface area contributed by atoms with E-state index in [9.17, 15) is 39.0 Å². The molecule has 0 spiro atoms. The van der Waals surface area contributed by atoms with Crippen molar-refractivity contribution >= 4 is 58.2 Å². The lowest BCUT2D eigenvalue weighted by molar-refractivity contribution is -0.140. The number of aliphatic hydroxyl groups excluding tert-OH is 1. The number of aliphatic carboxylic acids is 1. The highest BCUT2D eigenvalue weighted by atomic mass is 32.1. The fraction of sp³-hybridized carbons (Fsp3) is 0.227. The van der Waals surface area contributed by atoms with Crippen molar-refractivity contribution in [3.63, 3.8) is 0 Å². The molecule has 4 atom stereocenters. The number of carboxylic acids is 1. The number of fused-ring (bicyclic) bond motifs is 18. The van der Waals surface area contributed by atoms with Gasteiger partial charge in [-0.05, 0) is 64.4 Å².